The number of hydrogen-bond donors (Lipinski definition) is 0. The maximum Gasteiger partial charge on any atom is 0.253 e. The maximum atomic E-state index is 12.5. The first-order valence-corrected chi connectivity index (χ1v) is 9.46. The Morgan fingerprint density at radius 3 is 2.08 bits per heavy atom. The molecule has 1 aromatic carbocycles. The van der Waals surface area contributed by atoms with E-state index >= 15 is 0 Å². The van der Waals surface area contributed by atoms with Gasteiger partial charge in [0.15, 0.2) is 0 Å². The van der Waals surface area contributed by atoms with E-state index in [4.69, 9.17) is 0 Å². The summed E-state index contributed by atoms with van der Waals surface area (Å²) < 4.78 is 0. The minimum absolute atomic E-state index is 0.000698. The highest BCUT2D eigenvalue weighted by Crippen LogP contribution is 2.17. The van der Waals surface area contributed by atoms with Gasteiger partial charge in [0.2, 0.25) is 5.91 Å². The lowest BCUT2D eigenvalue weighted by Crippen LogP contribution is -2.50. The fourth-order valence-electron chi connectivity index (χ4n) is 3.31. The molecule has 0 saturated carbocycles. The van der Waals surface area contributed by atoms with E-state index in [1.165, 1.54) is 0 Å². The van der Waals surface area contributed by atoms with Crippen molar-refractivity contribution in [3.05, 3.63) is 35.4 Å². The lowest BCUT2D eigenvalue weighted by atomic mass is 9.96. The first kappa shape index (κ1) is 20.4. The normalized spacial score (nSPS) is 15.8. The van der Waals surface area contributed by atoms with Crippen molar-refractivity contribution in [1.82, 2.24) is 14.7 Å². The smallest absolute Gasteiger partial charge is 0.253 e. The molecule has 1 saturated heterocycles. The summed E-state index contributed by atoms with van der Waals surface area (Å²) in [7, 11) is 3.49. The van der Waals surface area contributed by atoms with Gasteiger partial charge in [-0.2, -0.15) is 0 Å². The largest absolute Gasteiger partial charge is 0.345 e. The molecule has 0 radical (unpaired) electrons. The van der Waals surface area contributed by atoms with Crippen LogP contribution in [0.15, 0.2) is 24.3 Å². The number of piperazine rings is 1. The number of aryl methyl sites for hydroxylation is 1. The minimum atomic E-state index is 0.000698. The lowest BCUT2D eigenvalue weighted by Gasteiger charge is -2.37. The number of rotatable bonds is 5. The van der Waals surface area contributed by atoms with E-state index in [9.17, 15) is 9.59 Å². The van der Waals surface area contributed by atoms with Crippen LogP contribution in [0.2, 0.25) is 0 Å². The highest BCUT2D eigenvalue weighted by atomic mass is 16.2. The topological polar surface area (TPSA) is 43.9 Å². The molecule has 5 nitrogen and oxygen atoms in total. The van der Waals surface area contributed by atoms with Crippen LogP contribution < -0.4 is 0 Å². The van der Waals surface area contributed by atoms with Gasteiger partial charge >= 0.3 is 0 Å². The molecule has 1 heterocycles. The fraction of sp³-hybridized carbons (Fsp3) is 0.619. The molecule has 1 aliphatic heterocycles. The molecule has 1 aromatic rings. The van der Waals surface area contributed by atoms with Gasteiger partial charge in [-0.25, -0.2) is 0 Å². The van der Waals surface area contributed by atoms with E-state index < -0.39 is 0 Å². The Balaban J connectivity index is 1.78. The Hall–Kier alpha value is -1.88. The second kappa shape index (κ2) is 8.67. The quantitative estimate of drug-likeness (QED) is 0.811. The zero-order valence-corrected chi connectivity index (χ0v) is 16.9. The summed E-state index contributed by atoms with van der Waals surface area (Å²) in [5.74, 6) is 0.231. The van der Waals surface area contributed by atoms with Crippen LogP contribution in [0, 0.1) is 5.41 Å². The van der Waals surface area contributed by atoms with Gasteiger partial charge < -0.3 is 9.80 Å². The molecule has 0 bridgehead atoms. The number of hydrogen-bond acceptors (Lipinski definition) is 3. The molecule has 2 amide bonds. The van der Waals surface area contributed by atoms with Crippen molar-refractivity contribution in [2.45, 2.75) is 33.6 Å². The molecule has 2 rings (SSSR count). The average Bonchev–Trinajstić information content (AvgIpc) is 2.58. The summed E-state index contributed by atoms with van der Waals surface area (Å²) in [6.07, 6.45) is 1.25. The SMILES string of the molecule is CN(C)C(=O)c1ccc(CCC(=O)N2CCN(CC(C)(C)C)CC2)cc1. The molecular weight excluding hydrogens is 326 g/mol. The van der Waals surface area contributed by atoms with Gasteiger partial charge in [0.1, 0.15) is 0 Å². The summed E-state index contributed by atoms with van der Waals surface area (Å²) >= 11 is 0. The molecule has 1 fully saturated rings. The second-order valence-electron chi connectivity index (χ2n) is 8.61. The summed E-state index contributed by atoms with van der Waals surface area (Å²) in [5.41, 5.74) is 2.08. The van der Waals surface area contributed by atoms with Gasteiger partial charge in [-0.1, -0.05) is 32.9 Å². The van der Waals surface area contributed by atoms with E-state index in [0.29, 0.717) is 17.4 Å². The van der Waals surface area contributed by atoms with Crippen LogP contribution in [-0.2, 0) is 11.2 Å². The van der Waals surface area contributed by atoms with Crippen molar-refractivity contribution >= 4 is 11.8 Å². The minimum Gasteiger partial charge on any atom is -0.345 e. The van der Waals surface area contributed by atoms with Gasteiger partial charge in [0.05, 0.1) is 0 Å². The Morgan fingerprint density at radius 2 is 1.58 bits per heavy atom. The molecule has 0 aliphatic carbocycles. The molecule has 26 heavy (non-hydrogen) atoms. The summed E-state index contributed by atoms with van der Waals surface area (Å²) in [4.78, 5) is 30.4. The first-order valence-electron chi connectivity index (χ1n) is 9.46. The molecule has 1 aliphatic rings. The van der Waals surface area contributed by atoms with E-state index in [-0.39, 0.29) is 11.8 Å². The molecular formula is C21H33N3O2. The first-order chi connectivity index (χ1) is 12.2. The predicted molar refractivity (Wildman–Crippen MR) is 105 cm³/mol. The molecule has 0 unspecified atom stereocenters. The summed E-state index contributed by atoms with van der Waals surface area (Å²) in [5, 5.41) is 0. The number of carbonyl (C=O) groups is 2. The molecule has 0 N–H and O–H groups in total. The zero-order valence-electron chi connectivity index (χ0n) is 16.9. The third kappa shape index (κ3) is 6.13. The third-order valence-corrected chi connectivity index (χ3v) is 4.66. The lowest BCUT2D eigenvalue weighted by molar-refractivity contribution is -0.133. The average molecular weight is 360 g/mol. The number of amides is 2. The highest BCUT2D eigenvalue weighted by molar-refractivity contribution is 5.93. The van der Waals surface area contributed by atoms with Crippen LogP contribution in [0.1, 0.15) is 43.1 Å². The van der Waals surface area contributed by atoms with Crippen molar-refractivity contribution in [3.8, 4) is 0 Å². The Bertz CT molecular complexity index is 609. The number of carbonyl (C=O) groups excluding carboxylic acids is 2. The van der Waals surface area contributed by atoms with Crippen LogP contribution in [0.3, 0.4) is 0 Å². The fourth-order valence-corrected chi connectivity index (χ4v) is 3.31. The highest BCUT2D eigenvalue weighted by Gasteiger charge is 2.23. The van der Waals surface area contributed by atoms with Gasteiger partial charge in [-0.3, -0.25) is 14.5 Å². The maximum absolute atomic E-state index is 12.5. The van der Waals surface area contributed by atoms with Crippen LogP contribution in [0.25, 0.3) is 0 Å². The van der Waals surface area contributed by atoms with E-state index in [1.54, 1.807) is 19.0 Å². The van der Waals surface area contributed by atoms with Crippen LogP contribution in [-0.4, -0.2) is 73.3 Å². The van der Waals surface area contributed by atoms with Crippen molar-refractivity contribution in [3.63, 3.8) is 0 Å². The van der Waals surface area contributed by atoms with Crippen molar-refractivity contribution in [2.24, 2.45) is 5.41 Å². The molecule has 144 valence electrons. The number of nitrogens with zero attached hydrogens (tertiary/aromatic N) is 3. The Morgan fingerprint density at radius 1 is 1.00 bits per heavy atom. The Kier molecular flexibility index (Phi) is 6.81. The van der Waals surface area contributed by atoms with Gasteiger partial charge in [0.25, 0.3) is 5.91 Å². The predicted octanol–water partition coefficient (Wildman–Crippen LogP) is 2.51. The molecule has 0 atom stereocenters. The zero-order chi connectivity index (χ0) is 19.3. The van der Waals surface area contributed by atoms with E-state index in [0.717, 1.165) is 44.7 Å². The summed E-state index contributed by atoms with van der Waals surface area (Å²) in [6, 6.07) is 7.58. The van der Waals surface area contributed by atoms with Crippen molar-refractivity contribution in [2.75, 3.05) is 46.8 Å². The van der Waals surface area contributed by atoms with Crippen molar-refractivity contribution < 1.29 is 9.59 Å². The second-order valence-corrected chi connectivity index (χ2v) is 8.61. The monoisotopic (exact) mass is 359 g/mol. The van der Waals surface area contributed by atoms with E-state index in [1.807, 2.05) is 29.2 Å². The van der Waals surface area contributed by atoms with Crippen molar-refractivity contribution in [1.29, 1.82) is 0 Å². The third-order valence-electron chi connectivity index (χ3n) is 4.66. The van der Waals surface area contributed by atoms with Crippen LogP contribution in [0.5, 0.6) is 0 Å². The molecule has 0 aromatic heterocycles. The van der Waals surface area contributed by atoms with Gasteiger partial charge in [-0.15, -0.1) is 0 Å². The van der Waals surface area contributed by atoms with Gasteiger partial charge in [0, 0.05) is 58.8 Å². The van der Waals surface area contributed by atoms with Crippen LogP contribution >= 0.6 is 0 Å². The van der Waals surface area contributed by atoms with Gasteiger partial charge in [-0.05, 0) is 29.5 Å². The molecule has 5 heteroatoms. The standard InChI is InChI=1S/C21H33N3O2/c1-21(2,3)16-23-12-14-24(15-13-23)19(25)11-8-17-6-9-18(10-7-17)20(26)22(4)5/h6-7,9-10H,8,11-16H2,1-5H3. The van der Waals surface area contributed by atoms with Crippen LogP contribution in [0.4, 0.5) is 0 Å². The number of benzene rings is 1. The Labute approximate surface area is 158 Å². The molecule has 0 spiro atoms. The van der Waals surface area contributed by atoms with E-state index in [2.05, 4.69) is 25.7 Å². The summed E-state index contributed by atoms with van der Waals surface area (Å²) in [6.45, 7) is 11.4.